The number of amides is 1. The Morgan fingerprint density at radius 1 is 1.16 bits per heavy atom. The van der Waals surface area contributed by atoms with Crippen molar-refractivity contribution in [3.05, 3.63) is 64.2 Å². The minimum absolute atomic E-state index is 0.0592. The number of fused-ring (bicyclic) bond motifs is 1. The standard InChI is InChI=1S/C21H21N3O5S2/c1-13-17(9-14-7-8-18-19(10-14)29-12-28-18)22-21(30-13)23-20(25)15-5-4-6-16(11-15)31(26,27)24(2)3/h4-8,10-11H,9,12H2,1-3H3,(H,22,23,25). The van der Waals surface area contributed by atoms with Gasteiger partial charge in [-0.3, -0.25) is 10.1 Å². The van der Waals surface area contributed by atoms with Gasteiger partial charge in [-0.15, -0.1) is 11.3 Å². The van der Waals surface area contributed by atoms with Crippen molar-refractivity contribution in [1.29, 1.82) is 0 Å². The quantitative estimate of drug-likeness (QED) is 0.608. The van der Waals surface area contributed by atoms with Crippen LogP contribution in [0.25, 0.3) is 0 Å². The molecule has 0 spiro atoms. The van der Waals surface area contributed by atoms with Gasteiger partial charge in [0.2, 0.25) is 16.8 Å². The predicted octanol–water partition coefficient (Wildman–Crippen LogP) is 3.27. The van der Waals surface area contributed by atoms with E-state index in [0.717, 1.165) is 26.2 Å². The average molecular weight is 460 g/mol. The fraction of sp³-hybridized carbons (Fsp3) is 0.238. The third-order valence-corrected chi connectivity index (χ3v) is 7.54. The topological polar surface area (TPSA) is 97.8 Å². The summed E-state index contributed by atoms with van der Waals surface area (Å²) in [5.74, 6) is 1.02. The minimum Gasteiger partial charge on any atom is -0.454 e. The molecule has 2 heterocycles. The Hall–Kier alpha value is -2.95. The summed E-state index contributed by atoms with van der Waals surface area (Å²) in [6.07, 6.45) is 0.589. The number of rotatable bonds is 6. The summed E-state index contributed by atoms with van der Waals surface area (Å²) in [4.78, 5) is 18.3. The minimum atomic E-state index is -3.63. The number of nitrogens with one attached hydrogen (secondary N) is 1. The molecule has 162 valence electrons. The van der Waals surface area contributed by atoms with Gasteiger partial charge in [-0.2, -0.15) is 0 Å². The number of hydrogen-bond acceptors (Lipinski definition) is 7. The van der Waals surface area contributed by atoms with Crippen molar-refractivity contribution in [1.82, 2.24) is 9.29 Å². The van der Waals surface area contributed by atoms with Crippen LogP contribution in [-0.4, -0.2) is 44.5 Å². The first-order valence-electron chi connectivity index (χ1n) is 9.43. The van der Waals surface area contributed by atoms with E-state index in [9.17, 15) is 13.2 Å². The van der Waals surface area contributed by atoms with Crippen LogP contribution in [0.3, 0.4) is 0 Å². The Balaban J connectivity index is 1.50. The van der Waals surface area contributed by atoms with E-state index in [1.807, 2.05) is 25.1 Å². The molecule has 0 aliphatic carbocycles. The smallest absolute Gasteiger partial charge is 0.257 e. The molecule has 1 aliphatic heterocycles. The molecule has 0 atom stereocenters. The first kappa shape index (κ1) is 21.3. The van der Waals surface area contributed by atoms with Crippen LogP contribution in [-0.2, 0) is 16.4 Å². The van der Waals surface area contributed by atoms with E-state index >= 15 is 0 Å². The van der Waals surface area contributed by atoms with Crippen LogP contribution in [0.2, 0.25) is 0 Å². The van der Waals surface area contributed by atoms with E-state index in [1.165, 1.54) is 37.6 Å². The fourth-order valence-corrected chi connectivity index (χ4v) is 4.84. The molecule has 0 fully saturated rings. The Kier molecular flexibility index (Phi) is 5.69. The maximum atomic E-state index is 12.7. The van der Waals surface area contributed by atoms with Gasteiger partial charge in [-0.25, -0.2) is 17.7 Å². The predicted molar refractivity (Wildman–Crippen MR) is 117 cm³/mol. The van der Waals surface area contributed by atoms with Gasteiger partial charge in [0.1, 0.15) is 0 Å². The lowest BCUT2D eigenvalue weighted by Crippen LogP contribution is -2.22. The summed E-state index contributed by atoms with van der Waals surface area (Å²) >= 11 is 1.37. The molecule has 0 radical (unpaired) electrons. The van der Waals surface area contributed by atoms with E-state index < -0.39 is 15.9 Å². The summed E-state index contributed by atoms with van der Waals surface area (Å²) in [5, 5.41) is 3.23. The van der Waals surface area contributed by atoms with E-state index in [1.54, 1.807) is 12.1 Å². The van der Waals surface area contributed by atoms with Crippen molar-refractivity contribution in [2.24, 2.45) is 0 Å². The molecule has 0 bridgehead atoms. The SMILES string of the molecule is Cc1sc(NC(=O)c2cccc(S(=O)(=O)N(C)C)c2)nc1Cc1ccc2c(c1)OCO2. The molecule has 31 heavy (non-hydrogen) atoms. The average Bonchev–Trinajstić information content (AvgIpc) is 3.34. The molecule has 1 N–H and O–H groups in total. The molecule has 1 aromatic heterocycles. The van der Waals surface area contributed by atoms with Gasteiger partial charge in [0.25, 0.3) is 5.91 Å². The lowest BCUT2D eigenvalue weighted by molar-refractivity contribution is 0.102. The van der Waals surface area contributed by atoms with E-state index in [-0.39, 0.29) is 17.3 Å². The third-order valence-electron chi connectivity index (χ3n) is 4.80. The Morgan fingerprint density at radius 2 is 1.94 bits per heavy atom. The molecule has 2 aromatic carbocycles. The van der Waals surface area contributed by atoms with E-state index in [2.05, 4.69) is 10.3 Å². The van der Waals surface area contributed by atoms with Crippen molar-refractivity contribution >= 4 is 32.4 Å². The van der Waals surface area contributed by atoms with Crippen molar-refractivity contribution in [2.45, 2.75) is 18.2 Å². The molecule has 0 saturated carbocycles. The zero-order valence-electron chi connectivity index (χ0n) is 17.2. The molecule has 4 rings (SSSR count). The number of carbonyl (C=O) groups is 1. The highest BCUT2D eigenvalue weighted by Gasteiger charge is 2.20. The monoisotopic (exact) mass is 459 g/mol. The van der Waals surface area contributed by atoms with Crippen molar-refractivity contribution in [2.75, 3.05) is 26.2 Å². The molecule has 3 aromatic rings. The number of ether oxygens (including phenoxy) is 2. The highest BCUT2D eigenvalue weighted by Crippen LogP contribution is 2.34. The Morgan fingerprint density at radius 3 is 2.71 bits per heavy atom. The molecule has 1 aliphatic rings. The molecule has 1 amide bonds. The summed E-state index contributed by atoms with van der Waals surface area (Å²) in [7, 11) is -0.733. The van der Waals surface area contributed by atoms with Gasteiger partial charge in [0.15, 0.2) is 16.6 Å². The molecule has 0 unspecified atom stereocenters. The van der Waals surface area contributed by atoms with E-state index in [0.29, 0.717) is 17.3 Å². The number of hydrogen-bond donors (Lipinski definition) is 1. The zero-order valence-corrected chi connectivity index (χ0v) is 18.8. The summed E-state index contributed by atoms with van der Waals surface area (Å²) < 4.78 is 36.5. The van der Waals surface area contributed by atoms with Crippen molar-refractivity contribution in [3.63, 3.8) is 0 Å². The largest absolute Gasteiger partial charge is 0.454 e. The Bertz CT molecular complexity index is 1250. The number of aromatic nitrogens is 1. The Labute approximate surface area is 184 Å². The second-order valence-corrected chi connectivity index (χ2v) is 10.5. The number of thiazole rings is 1. The highest BCUT2D eigenvalue weighted by molar-refractivity contribution is 7.89. The number of aryl methyl sites for hydroxylation is 1. The maximum absolute atomic E-state index is 12.7. The normalized spacial score (nSPS) is 12.9. The maximum Gasteiger partial charge on any atom is 0.257 e. The highest BCUT2D eigenvalue weighted by atomic mass is 32.2. The molecule has 0 saturated heterocycles. The number of benzene rings is 2. The summed E-state index contributed by atoms with van der Waals surface area (Å²) in [6.45, 7) is 2.17. The molecule has 10 heteroatoms. The van der Waals surface area contributed by atoms with Crippen molar-refractivity contribution in [3.8, 4) is 11.5 Å². The number of nitrogens with zero attached hydrogens (tertiary/aromatic N) is 2. The summed E-state index contributed by atoms with van der Waals surface area (Å²) in [5.41, 5.74) is 2.12. The van der Waals surface area contributed by atoms with Gasteiger partial charge in [0.05, 0.1) is 10.6 Å². The van der Waals surface area contributed by atoms with Gasteiger partial charge < -0.3 is 9.47 Å². The molecular weight excluding hydrogens is 438 g/mol. The second kappa shape index (κ2) is 8.29. The van der Waals surface area contributed by atoms with Crippen LogP contribution in [0.1, 0.15) is 26.5 Å². The first-order valence-corrected chi connectivity index (χ1v) is 11.7. The number of sulfonamides is 1. The summed E-state index contributed by atoms with van der Waals surface area (Å²) in [6, 6.07) is 11.7. The van der Waals surface area contributed by atoms with E-state index in [4.69, 9.17) is 9.47 Å². The van der Waals surface area contributed by atoms with Gasteiger partial charge in [-0.05, 0) is 42.8 Å². The van der Waals surface area contributed by atoms with Gasteiger partial charge >= 0.3 is 0 Å². The van der Waals surface area contributed by atoms with Crippen LogP contribution in [0.5, 0.6) is 11.5 Å². The third kappa shape index (κ3) is 4.41. The molecule has 8 nitrogen and oxygen atoms in total. The number of carbonyl (C=O) groups excluding carboxylic acids is 1. The van der Waals surface area contributed by atoms with Crippen LogP contribution in [0.4, 0.5) is 5.13 Å². The van der Waals surface area contributed by atoms with Crippen LogP contribution in [0, 0.1) is 6.92 Å². The zero-order chi connectivity index (χ0) is 22.2. The second-order valence-electron chi connectivity index (χ2n) is 7.16. The van der Waals surface area contributed by atoms with Crippen LogP contribution < -0.4 is 14.8 Å². The van der Waals surface area contributed by atoms with Gasteiger partial charge in [0, 0.05) is 31.0 Å². The van der Waals surface area contributed by atoms with Crippen LogP contribution >= 0.6 is 11.3 Å². The number of anilines is 1. The van der Waals surface area contributed by atoms with Gasteiger partial charge in [-0.1, -0.05) is 12.1 Å². The lowest BCUT2D eigenvalue weighted by atomic mass is 10.1. The fourth-order valence-electron chi connectivity index (χ4n) is 3.07. The molecular formula is C21H21N3O5S2. The van der Waals surface area contributed by atoms with Crippen LogP contribution in [0.15, 0.2) is 47.4 Å². The lowest BCUT2D eigenvalue weighted by Gasteiger charge is -2.12. The van der Waals surface area contributed by atoms with Crippen molar-refractivity contribution < 1.29 is 22.7 Å². The first-order chi connectivity index (χ1) is 14.7.